The van der Waals surface area contributed by atoms with Crippen molar-refractivity contribution in [2.24, 2.45) is 0 Å². The summed E-state index contributed by atoms with van der Waals surface area (Å²) in [7, 11) is 0. The minimum absolute atomic E-state index is 0.0556. The van der Waals surface area contributed by atoms with Gasteiger partial charge in [0.15, 0.2) is 0 Å². The molecule has 0 heterocycles. The maximum absolute atomic E-state index is 10.5. The van der Waals surface area contributed by atoms with Crippen molar-refractivity contribution in [2.75, 3.05) is 0 Å². The average molecular weight is 220 g/mol. The van der Waals surface area contributed by atoms with E-state index in [1.807, 2.05) is 0 Å². The monoisotopic (exact) mass is 219 g/mol. The van der Waals surface area contributed by atoms with Gasteiger partial charge in [-0.2, -0.15) is 0 Å². The van der Waals surface area contributed by atoms with Gasteiger partial charge in [0.25, 0.3) is 5.69 Å². The summed E-state index contributed by atoms with van der Waals surface area (Å²) in [5, 5.41) is 11.0. The number of hydrogen-bond donors (Lipinski definition) is 0. The van der Waals surface area contributed by atoms with E-state index in [1.165, 1.54) is 12.1 Å². The first-order valence-electron chi connectivity index (χ1n) is 3.56. The zero-order valence-corrected chi connectivity index (χ0v) is 8.39. The van der Waals surface area contributed by atoms with E-state index < -0.39 is 4.92 Å². The SMILES string of the molecule is Cc1c([N+](=O)[O-])ccc(Cl)c1CCl. The molecule has 1 aromatic rings. The molecule has 1 aromatic carbocycles. The second-order valence-electron chi connectivity index (χ2n) is 2.56. The highest BCUT2D eigenvalue weighted by Gasteiger charge is 2.15. The molecule has 0 N–H and O–H groups in total. The van der Waals surface area contributed by atoms with Crippen molar-refractivity contribution in [1.29, 1.82) is 0 Å². The van der Waals surface area contributed by atoms with Crippen molar-refractivity contribution >= 4 is 28.9 Å². The second-order valence-corrected chi connectivity index (χ2v) is 3.24. The van der Waals surface area contributed by atoms with Gasteiger partial charge >= 0.3 is 0 Å². The number of nitro benzene ring substituents is 1. The molecule has 0 aliphatic rings. The topological polar surface area (TPSA) is 43.1 Å². The molecule has 0 spiro atoms. The summed E-state index contributed by atoms with van der Waals surface area (Å²) in [5.41, 5.74) is 1.21. The van der Waals surface area contributed by atoms with E-state index in [-0.39, 0.29) is 11.6 Å². The summed E-state index contributed by atoms with van der Waals surface area (Å²) in [5.74, 6) is 0.187. The Morgan fingerprint density at radius 1 is 1.54 bits per heavy atom. The number of rotatable bonds is 2. The van der Waals surface area contributed by atoms with Crippen molar-refractivity contribution < 1.29 is 4.92 Å². The summed E-state index contributed by atoms with van der Waals surface area (Å²) in [4.78, 5) is 10.1. The van der Waals surface area contributed by atoms with Gasteiger partial charge in [-0.15, -0.1) is 11.6 Å². The van der Waals surface area contributed by atoms with Crippen LogP contribution in [0.4, 0.5) is 5.69 Å². The molecule has 0 aromatic heterocycles. The van der Waals surface area contributed by atoms with Gasteiger partial charge in [-0.3, -0.25) is 10.1 Å². The van der Waals surface area contributed by atoms with Crippen LogP contribution in [0.25, 0.3) is 0 Å². The van der Waals surface area contributed by atoms with Crippen molar-refractivity contribution in [3.63, 3.8) is 0 Å². The number of nitro groups is 1. The highest BCUT2D eigenvalue weighted by Crippen LogP contribution is 2.28. The van der Waals surface area contributed by atoms with Crippen LogP contribution in [-0.4, -0.2) is 4.92 Å². The van der Waals surface area contributed by atoms with Gasteiger partial charge in [-0.1, -0.05) is 11.6 Å². The predicted octanol–water partition coefficient (Wildman–Crippen LogP) is 3.30. The Hall–Kier alpha value is -0.800. The third-order valence-corrected chi connectivity index (χ3v) is 2.46. The lowest BCUT2D eigenvalue weighted by molar-refractivity contribution is -0.385. The van der Waals surface area contributed by atoms with Gasteiger partial charge in [0.2, 0.25) is 0 Å². The molecule has 0 bridgehead atoms. The predicted molar refractivity (Wildman–Crippen MR) is 52.4 cm³/mol. The van der Waals surface area contributed by atoms with E-state index in [9.17, 15) is 10.1 Å². The fourth-order valence-electron chi connectivity index (χ4n) is 1.07. The third kappa shape index (κ3) is 1.92. The number of nitrogens with zero attached hydrogens (tertiary/aromatic N) is 1. The van der Waals surface area contributed by atoms with Gasteiger partial charge < -0.3 is 0 Å². The Morgan fingerprint density at radius 3 is 2.62 bits per heavy atom. The molecular weight excluding hydrogens is 213 g/mol. The molecule has 0 saturated carbocycles. The fourth-order valence-corrected chi connectivity index (χ4v) is 1.76. The molecule has 70 valence electrons. The van der Waals surface area contributed by atoms with Crippen LogP contribution in [0.5, 0.6) is 0 Å². The fraction of sp³-hybridized carbons (Fsp3) is 0.250. The van der Waals surface area contributed by atoms with Crippen LogP contribution in [0.3, 0.4) is 0 Å². The Balaban J connectivity index is 3.35. The van der Waals surface area contributed by atoms with Crippen LogP contribution in [0.1, 0.15) is 11.1 Å². The van der Waals surface area contributed by atoms with Crippen LogP contribution in [0, 0.1) is 17.0 Å². The van der Waals surface area contributed by atoms with E-state index in [4.69, 9.17) is 23.2 Å². The molecule has 0 aliphatic heterocycles. The maximum Gasteiger partial charge on any atom is 0.272 e. The summed E-state index contributed by atoms with van der Waals surface area (Å²) in [6.45, 7) is 1.64. The molecular formula is C8H7Cl2NO2. The Morgan fingerprint density at radius 2 is 2.15 bits per heavy atom. The first-order chi connectivity index (χ1) is 6.07. The molecule has 0 amide bonds. The number of benzene rings is 1. The second kappa shape index (κ2) is 3.94. The zero-order chi connectivity index (χ0) is 10.0. The Bertz CT molecular complexity index is 352. The van der Waals surface area contributed by atoms with Crippen LogP contribution >= 0.6 is 23.2 Å². The van der Waals surface area contributed by atoms with Crippen molar-refractivity contribution in [2.45, 2.75) is 12.8 Å². The lowest BCUT2D eigenvalue weighted by Gasteiger charge is -2.04. The van der Waals surface area contributed by atoms with Gasteiger partial charge in [0, 0.05) is 22.5 Å². The molecule has 0 saturated heterocycles. The largest absolute Gasteiger partial charge is 0.272 e. The van der Waals surface area contributed by atoms with Crippen LogP contribution in [0.2, 0.25) is 5.02 Å². The minimum atomic E-state index is -0.443. The molecule has 3 nitrogen and oxygen atoms in total. The number of halogens is 2. The van der Waals surface area contributed by atoms with Crippen molar-refractivity contribution in [1.82, 2.24) is 0 Å². The lowest BCUT2D eigenvalue weighted by atomic mass is 10.1. The van der Waals surface area contributed by atoms with E-state index in [2.05, 4.69) is 0 Å². The summed E-state index contributed by atoms with van der Waals surface area (Å²) < 4.78 is 0. The average Bonchev–Trinajstić information content (AvgIpc) is 2.04. The smallest absolute Gasteiger partial charge is 0.258 e. The van der Waals surface area contributed by atoms with Crippen LogP contribution < -0.4 is 0 Å². The Labute approximate surface area is 85.4 Å². The lowest BCUT2D eigenvalue weighted by Crippen LogP contribution is -1.95. The standard InChI is InChI=1S/C8H7Cl2NO2/c1-5-6(4-9)7(10)2-3-8(5)11(12)13/h2-3H,4H2,1H3. The van der Waals surface area contributed by atoms with Gasteiger partial charge in [0.05, 0.1) is 4.92 Å². The van der Waals surface area contributed by atoms with E-state index in [0.29, 0.717) is 16.1 Å². The van der Waals surface area contributed by atoms with Crippen molar-refractivity contribution in [3.05, 3.63) is 38.4 Å². The van der Waals surface area contributed by atoms with Crippen LogP contribution in [0.15, 0.2) is 12.1 Å². The zero-order valence-electron chi connectivity index (χ0n) is 6.88. The molecule has 5 heteroatoms. The maximum atomic E-state index is 10.5. The highest BCUT2D eigenvalue weighted by molar-refractivity contribution is 6.32. The number of hydrogen-bond acceptors (Lipinski definition) is 2. The van der Waals surface area contributed by atoms with E-state index in [1.54, 1.807) is 6.92 Å². The van der Waals surface area contributed by atoms with Crippen molar-refractivity contribution in [3.8, 4) is 0 Å². The quantitative estimate of drug-likeness (QED) is 0.436. The molecule has 0 atom stereocenters. The number of alkyl halides is 1. The van der Waals surface area contributed by atoms with Crippen LogP contribution in [-0.2, 0) is 5.88 Å². The van der Waals surface area contributed by atoms with Gasteiger partial charge in [-0.25, -0.2) is 0 Å². The highest BCUT2D eigenvalue weighted by atomic mass is 35.5. The molecule has 1 rings (SSSR count). The van der Waals surface area contributed by atoms with E-state index in [0.717, 1.165) is 0 Å². The third-order valence-electron chi connectivity index (χ3n) is 1.84. The summed E-state index contributed by atoms with van der Waals surface area (Å²) in [6, 6.07) is 2.87. The molecule has 0 unspecified atom stereocenters. The Kier molecular flexibility index (Phi) is 3.12. The molecule has 13 heavy (non-hydrogen) atoms. The first kappa shape index (κ1) is 10.3. The molecule has 0 aliphatic carbocycles. The first-order valence-corrected chi connectivity index (χ1v) is 4.47. The summed E-state index contributed by atoms with van der Waals surface area (Å²) in [6.07, 6.45) is 0. The van der Waals surface area contributed by atoms with Gasteiger partial charge in [-0.05, 0) is 18.6 Å². The summed E-state index contributed by atoms with van der Waals surface area (Å²) >= 11 is 11.4. The molecule has 0 radical (unpaired) electrons. The molecule has 0 fully saturated rings. The van der Waals surface area contributed by atoms with Gasteiger partial charge in [0.1, 0.15) is 0 Å². The minimum Gasteiger partial charge on any atom is -0.258 e. The van der Waals surface area contributed by atoms with E-state index >= 15 is 0 Å². The normalized spacial score (nSPS) is 10.1.